The first-order valence-corrected chi connectivity index (χ1v) is 14.0. The number of anilines is 1. The van der Waals surface area contributed by atoms with E-state index in [1.54, 1.807) is 71.6 Å². The summed E-state index contributed by atoms with van der Waals surface area (Å²) in [5.41, 5.74) is 2.85. The standard InChI is InChI=1S/C31H24BrN5O7/c1-43-29-16-21(5-11-25(38)10-4-20-2-8-24(9-3-20)37(41)42)6-13-28(29)44-19-23-18-35(34-33-23)14-15-36-27-12-7-22(32)17-26(27)30(39)31(36)40/h2-13,16-18H,14-15,19H2,1H3/b10-4+,11-5+. The van der Waals surface area contributed by atoms with Crippen molar-refractivity contribution >= 4 is 56.9 Å². The van der Waals surface area contributed by atoms with Gasteiger partial charge in [0.1, 0.15) is 12.3 Å². The van der Waals surface area contributed by atoms with Crippen molar-refractivity contribution in [3.63, 3.8) is 0 Å². The minimum absolute atomic E-state index is 0.0203. The fraction of sp³-hybridized carbons (Fsp3) is 0.129. The van der Waals surface area contributed by atoms with Gasteiger partial charge in [-0.25, -0.2) is 0 Å². The molecule has 0 radical (unpaired) electrons. The lowest BCUT2D eigenvalue weighted by Crippen LogP contribution is -2.32. The van der Waals surface area contributed by atoms with Gasteiger partial charge in [-0.1, -0.05) is 39.4 Å². The zero-order chi connectivity index (χ0) is 31.2. The van der Waals surface area contributed by atoms with Crippen LogP contribution in [0.5, 0.6) is 11.5 Å². The minimum atomic E-state index is -0.574. The zero-order valence-electron chi connectivity index (χ0n) is 23.3. The molecule has 0 saturated heterocycles. The van der Waals surface area contributed by atoms with Gasteiger partial charge in [-0.3, -0.25) is 29.2 Å². The molecular formula is C31H24BrN5O7. The third-order valence-electron chi connectivity index (χ3n) is 6.62. The molecule has 0 N–H and O–H groups in total. The summed E-state index contributed by atoms with van der Waals surface area (Å²) in [6, 6.07) is 16.2. The zero-order valence-corrected chi connectivity index (χ0v) is 24.8. The van der Waals surface area contributed by atoms with Crippen LogP contribution in [0.25, 0.3) is 12.2 Å². The number of hydrogen-bond donors (Lipinski definition) is 0. The van der Waals surface area contributed by atoms with Gasteiger partial charge in [0.15, 0.2) is 17.3 Å². The number of Topliss-reactive ketones (excluding diaryl/α,β-unsaturated/α-hetero) is 1. The van der Waals surface area contributed by atoms with Crippen molar-refractivity contribution in [2.24, 2.45) is 0 Å². The summed E-state index contributed by atoms with van der Waals surface area (Å²) in [5.74, 6) is -0.449. The van der Waals surface area contributed by atoms with Crippen LogP contribution in [0.15, 0.2) is 83.5 Å². The Balaban J connectivity index is 1.14. The predicted octanol–water partition coefficient (Wildman–Crippen LogP) is 5.06. The van der Waals surface area contributed by atoms with Crippen LogP contribution in [0.1, 0.15) is 27.2 Å². The quantitative estimate of drug-likeness (QED) is 0.0882. The SMILES string of the molecule is COc1cc(/C=C/C(=O)/C=C/c2ccc([N+](=O)[O-])cc2)ccc1OCc1cn(CCN2C(=O)C(=O)c3cc(Br)ccc32)nn1. The van der Waals surface area contributed by atoms with Crippen LogP contribution >= 0.6 is 15.9 Å². The first kappa shape index (κ1) is 30.0. The first-order chi connectivity index (χ1) is 21.2. The normalized spacial score (nSPS) is 12.7. The largest absolute Gasteiger partial charge is 0.493 e. The van der Waals surface area contributed by atoms with Crippen LogP contribution in [-0.2, 0) is 22.7 Å². The average Bonchev–Trinajstić information content (AvgIpc) is 3.58. The number of fused-ring (bicyclic) bond motifs is 1. The molecule has 1 amide bonds. The van der Waals surface area contributed by atoms with E-state index in [4.69, 9.17) is 9.47 Å². The number of ketones is 2. The molecule has 222 valence electrons. The maximum Gasteiger partial charge on any atom is 0.299 e. The molecule has 2 heterocycles. The van der Waals surface area contributed by atoms with Gasteiger partial charge in [0, 0.05) is 23.2 Å². The molecule has 4 aromatic rings. The lowest BCUT2D eigenvalue weighted by Gasteiger charge is -2.16. The number of ether oxygens (including phenoxy) is 2. The fourth-order valence-corrected chi connectivity index (χ4v) is 4.75. The van der Waals surface area contributed by atoms with Crippen molar-refractivity contribution < 1.29 is 28.8 Å². The number of carbonyl (C=O) groups is 3. The minimum Gasteiger partial charge on any atom is -0.493 e. The summed E-state index contributed by atoms with van der Waals surface area (Å²) in [4.78, 5) is 48.8. The Morgan fingerprint density at radius 1 is 0.977 bits per heavy atom. The summed E-state index contributed by atoms with van der Waals surface area (Å²) in [6.45, 7) is 0.685. The van der Waals surface area contributed by atoms with E-state index in [-0.39, 0.29) is 24.6 Å². The number of carbonyl (C=O) groups excluding carboxylic acids is 3. The maximum absolute atomic E-state index is 12.5. The number of nitro benzene ring substituents is 1. The van der Waals surface area contributed by atoms with Gasteiger partial charge < -0.3 is 14.4 Å². The summed E-state index contributed by atoms with van der Waals surface area (Å²) in [7, 11) is 1.51. The number of hydrogen-bond acceptors (Lipinski definition) is 9. The molecule has 0 unspecified atom stereocenters. The van der Waals surface area contributed by atoms with Crippen LogP contribution in [-0.4, -0.2) is 51.0 Å². The number of nitro groups is 1. The van der Waals surface area contributed by atoms with E-state index in [1.165, 1.54) is 36.3 Å². The molecule has 5 rings (SSSR count). The Labute approximate surface area is 259 Å². The van der Waals surface area contributed by atoms with Crippen LogP contribution in [0.4, 0.5) is 11.4 Å². The van der Waals surface area contributed by atoms with Gasteiger partial charge in [-0.05, 0) is 65.7 Å². The van der Waals surface area contributed by atoms with E-state index in [9.17, 15) is 24.5 Å². The highest BCUT2D eigenvalue weighted by molar-refractivity contribution is 9.10. The van der Waals surface area contributed by atoms with Crippen molar-refractivity contribution in [1.29, 1.82) is 0 Å². The molecule has 13 heteroatoms. The van der Waals surface area contributed by atoms with Crippen molar-refractivity contribution in [2.75, 3.05) is 18.6 Å². The van der Waals surface area contributed by atoms with E-state index in [2.05, 4.69) is 26.2 Å². The second kappa shape index (κ2) is 13.3. The van der Waals surface area contributed by atoms with Crippen molar-refractivity contribution in [2.45, 2.75) is 13.2 Å². The smallest absolute Gasteiger partial charge is 0.299 e. The Kier molecular flexibility index (Phi) is 9.05. The second-order valence-corrected chi connectivity index (χ2v) is 10.5. The third-order valence-corrected chi connectivity index (χ3v) is 7.11. The van der Waals surface area contributed by atoms with Crippen LogP contribution in [0.3, 0.4) is 0 Å². The highest BCUT2D eigenvalue weighted by Crippen LogP contribution is 2.31. The number of benzene rings is 3. The van der Waals surface area contributed by atoms with Gasteiger partial charge in [0.2, 0.25) is 0 Å². The van der Waals surface area contributed by atoms with Gasteiger partial charge in [-0.15, -0.1) is 5.10 Å². The van der Waals surface area contributed by atoms with Gasteiger partial charge in [0.25, 0.3) is 17.4 Å². The molecule has 12 nitrogen and oxygen atoms in total. The molecule has 44 heavy (non-hydrogen) atoms. The maximum atomic E-state index is 12.5. The third kappa shape index (κ3) is 6.95. The number of rotatable bonds is 12. The van der Waals surface area contributed by atoms with Crippen molar-refractivity contribution in [3.8, 4) is 11.5 Å². The van der Waals surface area contributed by atoms with Crippen LogP contribution in [0.2, 0.25) is 0 Å². The van der Waals surface area contributed by atoms with Gasteiger partial charge in [-0.2, -0.15) is 0 Å². The molecule has 0 atom stereocenters. The molecule has 1 aliphatic heterocycles. The molecule has 3 aromatic carbocycles. The summed E-state index contributed by atoms with van der Waals surface area (Å²) < 4.78 is 13.6. The number of halogens is 1. The van der Waals surface area contributed by atoms with E-state index in [0.29, 0.717) is 46.1 Å². The molecule has 0 spiro atoms. The molecular weight excluding hydrogens is 634 g/mol. The van der Waals surface area contributed by atoms with E-state index in [0.717, 1.165) is 4.47 Å². The highest BCUT2D eigenvalue weighted by Gasteiger charge is 2.35. The molecule has 1 aliphatic rings. The number of aromatic nitrogens is 3. The molecule has 0 saturated carbocycles. The van der Waals surface area contributed by atoms with Gasteiger partial charge >= 0.3 is 0 Å². The highest BCUT2D eigenvalue weighted by atomic mass is 79.9. The van der Waals surface area contributed by atoms with E-state index < -0.39 is 16.6 Å². The summed E-state index contributed by atoms with van der Waals surface area (Å²) in [5, 5.41) is 19.0. The van der Waals surface area contributed by atoms with E-state index in [1.807, 2.05) is 0 Å². The predicted molar refractivity (Wildman–Crippen MR) is 164 cm³/mol. The molecule has 0 fully saturated rings. The molecule has 0 bridgehead atoms. The van der Waals surface area contributed by atoms with Crippen molar-refractivity contribution in [1.82, 2.24) is 15.0 Å². The van der Waals surface area contributed by atoms with Crippen molar-refractivity contribution in [3.05, 3.63) is 116 Å². The van der Waals surface area contributed by atoms with Crippen LogP contribution < -0.4 is 14.4 Å². The number of nitrogens with zero attached hydrogens (tertiary/aromatic N) is 5. The van der Waals surface area contributed by atoms with Crippen LogP contribution in [0, 0.1) is 10.1 Å². The Bertz CT molecular complexity index is 1810. The lowest BCUT2D eigenvalue weighted by atomic mass is 10.1. The first-order valence-electron chi connectivity index (χ1n) is 13.2. The Morgan fingerprint density at radius 2 is 1.70 bits per heavy atom. The fourth-order valence-electron chi connectivity index (χ4n) is 4.39. The second-order valence-electron chi connectivity index (χ2n) is 9.54. The van der Waals surface area contributed by atoms with Gasteiger partial charge in [0.05, 0.1) is 36.0 Å². The number of non-ortho nitro benzene ring substituents is 1. The Hall–Kier alpha value is -5.43. The number of methoxy groups -OCH3 is 1. The lowest BCUT2D eigenvalue weighted by molar-refractivity contribution is -0.384. The average molecular weight is 658 g/mol. The number of allylic oxidation sites excluding steroid dienone is 2. The number of amides is 1. The summed E-state index contributed by atoms with van der Waals surface area (Å²) in [6.07, 6.45) is 7.69. The monoisotopic (exact) mass is 657 g/mol. The summed E-state index contributed by atoms with van der Waals surface area (Å²) >= 11 is 3.33. The molecule has 0 aliphatic carbocycles. The Morgan fingerprint density at radius 3 is 2.43 bits per heavy atom. The topological polar surface area (TPSA) is 147 Å². The van der Waals surface area contributed by atoms with E-state index >= 15 is 0 Å². The molecule has 1 aromatic heterocycles.